The average molecular weight is 127 g/mol. The summed E-state index contributed by atoms with van der Waals surface area (Å²) in [6.45, 7) is 6.12. The van der Waals surface area contributed by atoms with Crippen LogP contribution in [0.25, 0.3) is 0 Å². The number of aliphatic imine (C=N–C) groups is 1. The molecule has 0 saturated heterocycles. The van der Waals surface area contributed by atoms with E-state index in [1.165, 1.54) is 0 Å². The van der Waals surface area contributed by atoms with Crippen LogP contribution >= 0.6 is 0 Å². The van der Waals surface area contributed by atoms with Crippen molar-refractivity contribution >= 4 is 6.08 Å². The molecule has 0 aromatic heterocycles. The zero-order valence-corrected chi connectivity index (χ0v) is 6.22. The lowest BCUT2D eigenvalue weighted by atomic mass is 10.0. The van der Waals surface area contributed by atoms with E-state index in [4.69, 9.17) is 0 Å². The second-order valence-corrected chi connectivity index (χ2v) is 2.44. The summed E-state index contributed by atoms with van der Waals surface area (Å²) >= 11 is 0. The average Bonchev–Trinajstić information content (AvgIpc) is 1.82. The van der Waals surface area contributed by atoms with Crippen molar-refractivity contribution in [1.82, 2.24) is 0 Å². The molecule has 52 valence electrons. The lowest BCUT2D eigenvalue weighted by Crippen LogP contribution is -2.10. The highest BCUT2D eigenvalue weighted by molar-refractivity contribution is 5.33. The summed E-state index contributed by atoms with van der Waals surface area (Å²) in [4.78, 5) is 13.4. The summed E-state index contributed by atoms with van der Waals surface area (Å²) < 4.78 is 0. The van der Waals surface area contributed by atoms with Gasteiger partial charge in [0, 0.05) is 0 Å². The molecule has 0 unspecified atom stereocenters. The maximum atomic E-state index is 9.79. The Bertz CT molecular complexity index is 114. The van der Waals surface area contributed by atoms with Gasteiger partial charge in [-0.05, 0) is 12.3 Å². The highest BCUT2D eigenvalue weighted by Crippen LogP contribution is 2.08. The fourth-order valence-corrected chi connectivity index (χ4v) is 0.779. The molecule has 0 aliphatic heterocycles. The highest BCUT2D eigenvalue weighted by Gasteiger charge is 2.07. The number of hydrogen-bond donors (Lipinski definition) is 0. The van der Waals surface area contributed by atoms with Crippen molar-refractivity contribution in [2.45, 2.75) is 33.2 Å². The monoisotopic (exact) mass is 127 g/mol. The minimum atomic E-state index is 0.169. The first kappa shape index (κ1) is 8.38. The van der Waals surface area contributed by atoms with E-state index < -0.39 is 0 Å². The van der Waals surface area contributed by atoms with Gasteiger partial charge < -0.3 is 0 Å². The van der Waals surface area contributed by atoms with Gasteiger partial charge in [-0.3, -0.25) is 0 Å². The number of hydrogen-bond acceptors (Lipinski definition) is 2. The minimum Gasteiger partial charge on any atom is -0.211 e. The molecular formula is C7H13NO. The summed E-state index contributed by atoms with van der Waals surface area (Å²) in [6, 6.07) is 0.169. The molecule has 0 bridgehead atoms. The first-order valence-electron chi connectivity index (χ1n) is 3.29. The molecule has 0 saturated carbocycles. The highest BCUT2D eigenvalue weighted by atomic mass is 16.1. The largest absolute Gasteiger partial charge is 0.235 e. The molecule has 0 spiro atoms. The van der Waals surface area contributed by atoms with Crippen LogP contribution in [0.1, 0.15) is 27.2 Å². The molecule has 0 aromatic rings. The van der Waals surface area contributed by atoms with Crippen molar-refractivity contribution in [2.75, 3.05) is 0 Å². The van der Waals surface area contributed by atoms with E-state index in [0.717, 1.165) is 6.42 Å². The van der Waals surface area contributed by atoms with Gasteiger partial charge in [-0.2, -0.15) is 0 Å². The van der Waals surface area contributed by atoms with Crippen molar-refractivity contribution < 1.29 is 4.79 Å². The Kier molecular flexibility index (Phi) is 3.98. The van der Waals surface area contributed by atoms with Crippen molar-refractivity contribution in [1.29, 1.82) is 0 Å². The van der Waals surface area contributed by atoms with Gasteiger partial charge in [0.15, 0.2) is 0 Å². The van der Waals surface area contributed by atoms with Gasteiger partial charge in [0.25, 0.3) is 0 Å². The molecule has 0 N–H and O–H groups in total. The molecule has 0 heterocycles. The lowest BCUT2D eigenvalue weighted by molar-refractivity contribution is 0.475. The molecule has 2 heteroatoms. The summed E-state index contributed by atoms with van der Waals surface area (Å²) in [7, 11) is 0. The van der Waals surface area contributed by atoms with Crippen LogP contribution in [-0.2, 0) is 4.79 Å². The van der Waals surface area contributed by atoms with Crippen LogP contribution in [0.3, 0.4) is 0 Å². The third-order valence-corrected chi connectivity index (χ3v) is 1.41. The van der Waals surface area contributed by atoms with Crippen LogP contribution in [0, 0.1) is 5.92 Å². The molecule has 0 aliphatic rings. The predicted molar refractivity (Wildman–Crippen MR) is 37.0 cm³/mol. The van der Waals surface area contributed by atoms with Crippen LogP contribution in [-0.4, -0.2) is 12.1 Å². The smallest absolute Gasteiger partial charge is 0.211 e. The molecular weight excluding hydrogens is 114 g/mol. The Morgan fingerprint density at radius 2 is 2.11 bits per heavy atom. The Morgan fingerprint density at radius 1 is 1.56 bits per heavy atom. The van der Waals surface area contributed by atoms with Crippen LogP contribution < -0.4 is 0 Å². The number of carbonyl (C=O) groups excluding carboxylic acids is 1. The van der Waals surface area contributed by atoms with Gasteiger partial charge in [0.1, 0.15) is 0 Å². The van der Waals surface area contributed by atoms with E-state index in [1.807, 2.05) is 6.92 Å². The van der Waals surface area contributed by atoms with E-state index >= 15 is 0 Å². The normalized spacial score (nSPS) is 12.9. The van der Waals surface area contributed by atoms with Crippen LogP contribution in [0.2, 0.25) is 0 Å². The van der Waals surface area contributed by atoms with Crippen LogP contribution in [0.15, 0.2) is 4.99 Å². The maximum absolute atomic E-state index is 9.79. The summed E-state index contributed by atoms with van der Waals surface area (Å²) in [5.41, 5.74) is 0. The fraction of sp³-hybridized carbons (Fsp3) is 0.857. The Hall–Kier alpha value is -0.620. The second kappa shape index (κ2) is 4.28. The van der Waals surface area contributed by atoms with Gasteiger partial charge in [0.2, 0.25) is 6.08 Å². The standard InChI is InChI=1S/C7H13NO/c1-4-7(6(2)3)8-5-9/h6-7H,4H2,1-3H3/t7-/m1/s1. The van der Waals surface area contributed by atoms with Crippen molar-refractivity contribution in [3.05, 3.63) is 0 Å². The lowest BCUT2D eigenvalue weighted by Gasteiger charge is -2.09. The maximum Gasteiger partial charge on any atom is 0.235 e. The number of isocyanates is 1. The molecule has 0 radical (unpaired) electrons. The molecule has 0 aromatic carbocycles. The van der Waals surface area contributed by atoms with Crippen LogP contribution in [0.5, 0.6) is 0 Å². The first-order chi connectivity index (χ1) is 4.22. The van der Waals surface area contributed by atoms with E-state index in [9.17, 15) is 4.79 Å². The Morgan fingerprint density at radius 3 is 2.22 bits per heavy atom. The van der Waals surface area contributed by atoms with Gasteiger partial charge in [-0.1, -0.05) is 20.8 Å². The predicted octanol–water partition coefficient (Wildman–Crippen LogP) is 1.76. The zero-order valence-electron chi connectivity index (χ0n) is 6.22. The topological polar surface area (TPSA) is 29.4 Å². The number of nitrogens with zero attached hydrogens (tertiary/aromatic N) is 1. The summed E-state index contributed by atoms with van der Waals surface area (Å²) in [5, 5.41) is 0. The molecule has 2 nitrogen and oxygen atoms in total. The van der Waals surface area contributed by atoms with E-state index in [-0.39, 0.29) is 6.04 Å². The second-order valence-electron chi connectivity index (χ2n) is 2.44. The number of rotatable bonds is 3. The van der Waals surface area contributed by atoms with E-state index in [2.05, 4.69) is 18.8 Å². The summed E-state index contributed by atoms with van der Waals surface area (Å²) in [5.74, 6) is 0.455. The van der Waals surface area contributed by atoms with E-state index in [1.54, 1.807) is 6.08 Å². The molecule has 0 aliphatic carbocycles. The quantitative estimate of drug-likeness (QED) is 0.419. The van der Waals surface area contributed by atoms with Crippen molar-refractivity contribution in [3.8, 4) is 0 Å². The zero-order chi connectivity index (χ0) is 7.28. The first-order valence-corrected chi connectivity index (χ1v) is 3.29. The Labute approximate surface area is 56.0 Å². The van der Waals surface area contributed by atoms with Gasteiger partial charge in [0.05, 0.1) is 6.04 Å². The molecule has 0 rings (SSSR count). The summed E-state index contributed by atoms with van der Waals surface area (Å²) in [6.07, 6.45) is 2.50. The van der Waals surface area contributed by atoms with E-state index in [0.29, 0.717) is 5.92 Å². The third kappa shape index (κ3) is 3.04. The molecule has 1 atom stereocenters. The van der Waals surface area contributed by atoms with Gasteiger partial charge in [-0.15, -0.1) is 0 Å². The molecule has 0 amide bonds. The van der Waals surface area contributed by atoms with Gasteiger partial charge >= 0.3 is 0 Å². The minimum absolute atomic E-state index is 0.169. The SMILES string of the molecule is CC[C@@H](N=C=O)C(C)C. The molecule has 0 fully saturated rings. The molecule has 9 heavy (non-hydrogen) atoms. The van der Waals surface area contributed by atoms with Gasteiger partial charge in [-0.25, -0.2) is 9.79 Å². The Balaban J connectivity index is 3.82. The van der Waals surface area contributed by atoms with Crippen LogP contribution in [0.4, 0.5) is 0 Å². The third-order valence-electron chi connectivity index (χ3n) is 1.41. The van der Waals surface area contributed by atoms with Crippen molar-refractivity contribution in [3.63, 3.8) is 0 Å². The van der Waals surface area contributed by atoms with Crippen molar-refractivity contribution in [2.24, 2.45) is 10.9 Å². The fourth-order valence-electron chi connectivity index (χ4n) is 0.779.